The number of halogens is 2. The van der Waals surface area contributed by atoms with Crippen LogP contribution in [-0.2, 0) is 32.6 Å². The summed E-state index contributed by atoms with van der Waals surface area (Å²) >= 11 is 13.2. The van der Waals surface area contributed by atoms with E-state index in [1.807, 2.05) is 51.1 Å². The quantitative estimate of drug-likeness (QED) is 0.178. The van der Waals surface area contributed by atoms with Crippen LogP contribution in [0.2, 0.25) is 10.0 Å². The predicted octanol–water partition coefficient (Wildman–Crippen LogP) is 6.75. The van der Waals surface area contributed by atoms with E-state index in [4.69, 9.17) is 27.9 Å². The number of rotatable bonds is 12. The average Bonchev–Trinajstić information content (AvgIpc) is 3.02. The topological polar surface area (TPSA) is 96.0 Å². The number of carbonyl (C=O) groups is 2. The first-order valence-electron chi connectivity index (χ1n) is 14.6. The van der Waals surface area contributed by atoms with Gasteiger partial charge in [0.2, 0.25) is 11.8 Å². The summed E-state index contributed by atoms with van der Waals surface area (Å²) in [6, 6.07) is 27.6. The molecule has 4 aromatic carbocycles. The van der Waals surface area contributed by atoms with Gasteiger partial charge < -0.3 is 15.0 Å². The number of nitrogens with zero attached hydrogens (tertiary/aromatic N) is 2. The number of carbonyl (C=O) groups excluding carboxylic acids is 2. The van der Waals surface area contributed by atoms with Crippen LogP contribution in [0.1, 0.15) is 31.9 Å². The van der Waals surface area contributed by atoms with Crippen molar-refractivity contribution in [1.82, 2.24) is 10.2 Å². The summed E-state index contributed by atoms with van der Waals surface area (Å²) in [4.78, 5) is 30.0. The van der Waals surface area contributed by atoms with Gasteiger partial charge in [-0.05, 0) is 62.7 Å². The van der Waals surface area contributed by atoms with Gasteiger partial charge in [0.15, 0.2) is 0 Å². The van der Waals surface area contributed by atoms with E-state index in [-0.39, 0.29) is 29.3 Å². The summed E-state index contributed by atoms with van der Waals surface area (Å²) in [6.45, 7) is 4.73. The maximum atomic E-state index is 14.6. The van der Waals surface area contributed by atoms with Crippen LogP contribution in [0, 0.1) is 0 Å². The van der Waals surface area contributed by atoms with Crippen molar-refractivity contribution in [2.45, 2.75) is 50.2 Å². The van der Waals surface area contributed by atoms with E-state index in [9.17, 15) is 18.0 Å². The minimum atomic E-state index is -4.28. The largest absolute Gasteiger partial charge is 0.495 e. The van der Waals surface area contributed by atoms with Gasteiger partial charge >= 0.3 is 0 Å². The number of sulfonamides is 1. The lowest BCUT2D eigenvalue weighted by Gasteiger charge is -2.35. The summed E-state index contributed by atoms with van der Waals surface area (Å²) in [7, 11) is -2.86. The van der Waals surface area contributed by atoms with Crippen molar-refractivity contribution in [3.8, 4) is 5.75 Å². The number of nitrogens with one attached hydrogen (secondary N) is 1. The fourth-order valence-electron chi connectivity index (χ4n) is 4.93. The third kappa shape index (κ3) is 8.60. The Morgan fingerprint density at radius 3 is 1.98 bits per heavy atom. The van der Waals surface area contributed by atoms with Gasteiger partial charge in [0, 0.05) is 34.1 Å². The molecule has 0 spiro atoms. The van der Waals surface area contributed by atoms with Crippen LogP contribution in [0.3, 0.4) is 0 Å². The molecule has 0 bridgehead atoms. The Balaban J connectivity index is 1.87. The van der Waals surface area contributed by atoms with Gasteiger partial charge in [-0.3, -0.25) is 13.9 Å². The molecule has 0 aromatic heterocycles. The van der Waals surface area contributed by atoms with Crippen LogP contribution in [0.25, 0.3) is 0 Å². The number of benzene rings is 4. The van der Waals surface area contributed by atoms with Gasteiger partial charge in [-0.1, -0.05) is 89.9 Å². The highest BCUT2D eigenvalue weighted by Gasteiger charge is 2.36. The minimum absolute atomic E-state index is 0.0132. The first-order chi connectivity index (χ1) is 21.8. The third-order valence-corrected chi connectivity index (χ3v) is 9.61. The van der Waals surface area contributed by atoms with Crippen LogP contribution in [0.15, 0.2) is 108 Å². The Bertz CT molecular complexity index is 1740. The third-order valence-electron chi connectivity index (χ3n) is 7.12. The molecule has 46 heavy (non-hydrogen) atoms. The zero-order valence-corrected chi connectivity index (χ0v) is 28.4. The fourth-order valence-corrected chi connectivity index (χ4v) is 6.89. The molecular weight excluding hydrogens is 645 g/mol. The maximum absolute atomic E-state index is 14.6. The van der Waals surface area contributed by atoms with E-state index in [0.29, 0.717) is 15.6 Å². The first-order valence-corrected chi connectivity index (χ1v) is 16.8. The number of methoxy groups -OCH3 is 1. The molecule has 8 nitrogen and oxygen atoms in total. The van der Waals surface area contributed by atoms with Gasteiger partial charge in [-0.2, -0.15) is 0 Å². The molecule has 11 heteroatoms. The monoisotopic (exact) mass is 681 g/mol. The van der Waals surface area contributed by atoms with E-state index in [0.717, 1.165) is 9.87 Å². The van der Waals surface area contributed by atoms with Crippen molar-refractivity contribution in [3.63, 3.8) is 0 Å². The first kappa shape index (κ1) is 34.8. The maximum Gasteiger partial charge on any atom is 0.264 e. The lowest BCUT2D eigenvalue weighted by atomic mass is 10.0. The molecule has 0 fully saturated rings. The highest BCUT2D eigenvalue weighted by Crippen LogP contribution is 2.33. The summed E-state index contributed by atoms with van der Waals surface area (Å²) in [5.74, 6) is -0.809. The zero-order chi connectivity index (χ0) is 33.5. The molecule has 0 saturated carbocycles. The molecule has 1 atom stereocenters. The number of hydrogen-bond donors (Lipinski definition) is 1. The van der Waals surface area contributed by atoms with Crippen molar-refractivity contribution in [3.05, 3.63) is 124 Å². The van der Waals surface area contributed by atoms with E-state index >= 15 is 0 Å². The van der Waals surface area contributed by atoms with Crippen LogP contribution in [-0.4, -0.2) is 50.4 Å². The zero-order valence-electron chi connectivity index (χ0n) is 26.1. The van der Waals surface area contributed by atoms with Gasteiger partial charge in [-0.15, -0.1) is 0 Å². The van der Waals surface area contributed by atoms with Crippen molar-refractivity contribution in [2.24, 2.45) is 0 Å². The second-order valence-electron chi connectivity index (χ2n) is 11.7. The van der Waals surface area contributed by atoms with Crippen LogP contribution in [0.5, 0.6) is 5.75 Å². The SMILES string of the molecule is COc1ccccc1N(CC(=O)N(Cc1c(Cl)cccc1Cl)[C@H](Cc1ccccc1)C(=O)NC(C)(C)C)S(=O)(=O)c1ccccc1. The van der Waals surface area contributed by atoms with Gasteiger partial charge in [0.1, 0.15) is 18.3 Å². The van der Waals surface area contributed by atoms with Crippen LogP contribution >= 0.6 is 23.2 Å². The Kier molecular flexibility index (Phi) is 11.4. The lowest BCUT2D eigenvalue weighted by molar-refractivity contribution is -0.140. The number of para-hydroxylation sites is 2. The van der Waals surface area contributed by atoms with Crippen LogP contribution < -0.4 is 14.4 Å². The van der Waals surface area contributed by atoms with Gasteiger partial charge in [-0.25, -0.2) is 8.42 Å². The summed E-state index contributed by atoms with van der Waals surface area (Å²) in [5.41, 5.74) is 0.772. The average molecular weight is 683 g/mol. The Morgan fingerprint density at radius 2 is 1.39 bits per heavy atom. The van der Waals surface area contributed by atoms with E-state index < -0.39 is 40.0 Å². The van der Waals surface area contributed by atoms with Crippen molar-refractivity contribution in [2.75, 3.05) is 18.0 Å². The molecule has 0 saturated heterocycles. The summed E-state index contributed by atoms with van der Waals surface area (Å²) < 4.78 is 34.9. The van der Waals surface area contributed by atoms with Crippen molar-refractivity contribution >= 4 is 50.7 Å². The summed E-state index contributed by atoms with van der Waals surface area (Å²) in [6.07, 6.45) is 0.149. The molecule has 4 aromatic rings. The van der Waals surface area contributed by atoms with Crippen molar-refractivity contribution < 1.29 is 22.7 Å². The summed E-state index contributed by atoms with van der Waals surface area (Å²) in [5, 5.41) is 3.61. The molecule has 0 aliphatic rings. The molecule has 4 rings (SSSR count). The normalized spacial score (nSPS) is 12.2. The molecule has 0 unspecified atom stereocenters. The highest BCUT2D eigenvalue weighted by molar-refractivity contribution is 7.92. The van der Waals surface area contributed by atoms with Crippen molar-refractivity contribution in [1.29, 1.82) is 0 Å². The van der Waals surface area contributed by atoms with Crippen LogP contribution in [0.4, 0.5) is 5.69 Å². The number of amides is 2. The molecule has 1 N–H and O–H groups in total. The molecular formula is C35H37Cl2N3O5S. The molecule has 0 radical (unpaired) electrons. The Morgan fingerprint density at radius 1 is 0.826 bits per heavy atom. The van der Waals surface area contributed by atoms with Gasteiger partial charge in [0.25, 0.3) is 10.0 Å². The van der Waals surface area contributed by atoms with Gasteiger partial charge in [0.05, 0.1) is 17.7 Å². The number of anilines is 1. The lowest BCUT2D eigenvalue weighted by Crippen LogP contribution is -2.56. The minimum Gasteiger partial charge on any atom is -0.495 e. The number of ether oxygens (including phenoxy) is 1. The smallest absolute Gasteiger partial charge is 0.264 e. The molecule has 242 valence electrons. The standard InChI is InChI=1S/C35H37Cl2N3O5S/c1-35(2,3)38-34(42)31(22-25-14-7-5-8-15-25)39(23-27-28(36)18-13-19-29(27)37)33(41)24-40(30-20-11-12-21-32(30)45-4)46(43,44)26-16-9-6-10-17-26/h5-21,31H,22-24H2,1-4H3,(H,38,42)/t31-/m1/s1. The second-order valence-corrected chi connectivity index (χ2v) is 14.3. The van der Waals surface area contributed by atoms with E-state index in [1.165, 1.54) is 24.1 Å². The molecule has 2 amide bonds. The highest BCUT2D eigenvalue weighted by atomic mass is 35.5. The van der Waals surface area contributed by atoms with E-state index in [1.54, 1.807) is 60.7 Å². The molecule has 0 heterocycles. The number of hydrogen-bond acceptors (Lipinski definition) is 5. The Hall–Kier alpha value is -4.05. The van der Waals surface area contributed by atoms with E-state index in [2.05, 4.69) is 5.32 Å². The Labute approximate surface area is 280 Å². The predicted molar refractivity (Wildman–Crippen MR) is 183 cm³/mol. The fraction of sp³-hybridized carbons (Fsp3) is 0.257. The molecule has 0 aliphatic heterocycles. The second kappa shape index (κ2) is 15.0. The molecule has 0 aliphatic carbocycles.